The fourth-order valence-electron chi connectivity index (χ4n) is 5.07. The number of aryl methyl sites for hydroxylation is 1. The third-order valence-electron chi connectivity index (χ3n) is 7.06. The molecule has 2 aromatic carbocycles. The second-order valence-electron chi connectivity index (χ2n) is 10.1. The molecule has 1 aliphatic heterocycles. The summed E-state index contributed by atoms with van der Waals surface area (Å²) < 4.78 is 23.7. The van der Waals surface area contributed by atoms with E-state index < -0.39 is 29.0 Å². The van der Waals surface area contributed by atoms with Gasteiger partial charge < -0.3 is 19.3 Å². The molecule has 2 unspecified atom stereocenters. The number of nitrogens with zero attached hydrogens (tertiary/aromatic N) is 1. The fourth-order valence-corrected chi connectivity index (χ4v) is 5.85. The number of nitrogens with one attached hydrogen (secondary N) is 1. The van der Waals surface area contributed by atoms with Crippen molar-refractivity contribution in [1.29, 1.82) is 0 Å². The Morgan fingerprint density at radius 3 is 2.33 bits per heavy atom. The number of ether oxygens (including phenoxy) is 2. The van der Waals surface area contributed by atoms with Crippen molar-refractivity contribution in [3.8, 4) is 11.5 Å². The summed E-state index contributed by atoms with van der Waals surface area (Å²) in [5.74, 6) is -0.0475. The van der Waals surface area contributed by atoms with Gasteiger partial charge in [0.25, 0.3) is 11.8 Å². The molecule has 8 nitrogen and oxygen atoms in total. The van der Waals surface area contributed by atoms with Crippen molar-refractivity contribution in [3.05, 3.63) is 52.6 Å². The lowest BCUT2D eigenvalue weighted by Crippen LogP contribution is -2.38. The Balaban J connectivity index is 2.07. The number of rotatable bonds is 16. The molecule has 0 saturated carbocycles. The Labute approximate surface area is 241 Å². The van der Waals surface area contributed by atoms with Crippen LogP contribution in [0, 0.1) is 0 Å². The maximum atomic E-state index is 14.1. The lowest BCUT2D eigenvalue weighted by molar-refractivity contribution is -0.116. The molecule has 0 bridgehead atoms. The van der Waals surface area contributed by atoms with E-state index in [0.717, 1.165) is 44.1 Å². The highest BCUT2D eigenvalue weighted by atomic mass is 32.2. The van der Waals surface area contributed by atoms with Gasteiger partial charge in [0.2, 0.25) is 5.91 Å². The van der Waals surface area contributed by atoms with Gasteiger partial charge in [-0.2, -0.15) is 0 Å². The first-order valence-corrected chi connectivity index (χ1v) is 15.9. The zero-order valence-corrected chi connectivity index (χ0v) is 25.2. The fraction of sp³-hybridized carbons (Fsp3) is 0.516. The highest BCUT2D eigenvalue weighted by molar-refractivity contribution is 7.90. The number of carbonyl (C=O) groups excluding carboxylic acids is 3. The van der Waals surface area contributed by atoms with Gasteiger partial charge in [-0.05, 0) is 55.5 Å². The van der Waals surface area contributed by atoms with Crippen LogP contribution in [-0.4, -0.2) is 52.9 Å². The lowest BCUT2D eigenvalue weighted by Gasteiger charge is -2.27. The number of fused-ring (bicyclic) bond motifs is 1. The summed E-state index contributed by atoms with van der Waals surface area (Å²) in [7, 11) is 1.54. The number of imide groups is 1. The molecule has 2 aromatic rings. The molecule has 218 valence electrons. The van der Waals surface area contributed by atoms with Crippen LogP contribution in [-0.2, 0) is 22.4 Å². The Bertz CT molecular complexity index is 1200. The molecule has 0 radical (unpaired) electrons. The summed E-state index contributed by atoms with van der Waals surface area (Å²) in [4.78, 5) is 42.1. The van der Waals surface area contributed by atoms with Gasteiger partial charge in [-0.25, -0.2) is 0 Å². The first-order chi connectivity index (χ1) is 19.3. The molecule has 1 N–H and O–H groups in total. The number of anilines is 1. The third kappa shape index (κ3) is 7.37. The Kier molecular flexibility index (Phi) is 11.9. The summed E-state index contributed by atoms with van der Waals surface area (Å²) in [6.45, 7) is 6.44. The zero-order valence-electron chi connectivity index (χ0n) is 24.3. The molecule has 9 heteroatoms. The maximum absolute atomic E-state index is 14.1. The molecule has 0 aromatic heterocycles. The molecular weight excluding hydrogens is 528 g/mol. The summed E-state index contributed by atoms with van der Waals surface area (Å²) in [5.41, 5.74) is 2.30. The van der Waals surface area contributed by atoms with Gasteiger partial charge in [0, 0.05) is 6.42 Å². The standard InChI is InChI=1S/C31H42N2O6S/c1-6-9-11-13-21-15-17-23(32-27(34)14-12-10-7-2)29-28(21)30(35)33(31(29)36)24(20-40(5)37)22-16-18-25(38-4)26(19-22)39-8-3/h15-19,24H,6-14,20H2,1-5H3,(H,32,34). The van der Waals surface area contributed by atoms with Crippen molar-refractivity contribution in [3.63, 3.8) is 0 Å². The first-order valence-electron chi connectivity index (χ1n) is 14.2. The largest absolute Gasteiger partial charge is 0.616 e. The van der Waals surface area contributed by atoms with Crippen molar-refractivity contribution in [1.82, 2.24) is 4.90 Å². The number of hydrogen-bond acceptors (Lipinski definition) is 6. The quantitative estimate of drug-likeness (QED) is 0.149. The van der Waals surface area contributed by atoms with Crippen LogP contribution in [0.2, 0.25) is 0 Å². The van der Waals surface area contributed by atoms with Crippen LogP contribution >= 0.6 is 0 Å². The molecule has 0 spiro atoms. The van der Waals surface area contributed by atoms with E-state index in [1.807, 2.05) is 13.0 Å². The first kappa shape index (κ1) is 31.5. The van der Waals surface area contributed by atoms with Crippen molar-refractivity contribution < 1.29 is 28.4 Å². The van der Waals surface area contributed by atoms with Gasteiger partial charge in [0.1, 0.15) is 11.8 Å². The maximum Gasteiger partial charge on any atom is 0.264 e. The smallest absolute Gasteiger partial charge is 0.264 e. The molecule has 2 atom stereocenters. The monoisotopic (exact) mass is 570 g/mol. The summed E-state index contributed by atoms with van der Waals surface area (Å²) in [5, 5.41) is 2.89. The number of benzene rings is 2. The van der Waals surface area contributed by atoms with E-state index in [2.05, 4.69) is 19.2 Å². The highest BCUT2D eigenvalue weighted by Crippen LogP contribution is 2.40. The van der Waals surface area contributed by atoms with Crippen molar-refractivity contribution in [2.45, 2.75) is 78.2 Å². The zero-order chi connectivity index (χ0) is 29.2. The molecule has 1 heterocycles. The second-order valence-corrected chi connectivity index (χ2v) is 11.5. The number of amides is 3. The SMILES string of the molecule is CCCCCC(=O)Nc1ccc(CCCCC)c2c1C(=O)N(C(C[S+](C)[O-])c1ccc(OC)c(OCC)c1)C2=O. The van der Waals surface area contributed by atoms with E-state index in [1.165, 1.54) is 4.90 Å². The van der Waals surface area contributed by atoms with Crippen LogP contribution in [0.3, 0.4) is 0 Å². The van der Waals surface area contributed by atoms with Gasteiger partial charge in [0.15, 0.2) is 11.5 Å². The molecule has 3 rings (SSSR count). The number of unbranched alkanes of at least 4 members (excludes halogenated alkanes) is 4. The second kappa shape index (κ2) is 15.1. The molecule has 40 heavy (non-hydrogen) atoms. The average Bonchev–Trinajstić information content (AvgIpc) is 3.19. The topological polar surface area (TPSA) is 108 Å². The highest BCUT2D eigenvalue weighted by Gasteiger charge is 2.45. The number of carbonyl (C=O) groups is 3. The van der Waals surface area contributed by atoms with Crippen LogP contribution in [0.1, 0.15) is 104 Å². The Morgan fingerprint density at radius 2 is 1.68 bits per heavy atom. The minimum Gasteiger partial charge on any atom is -0.616 e. The van der Waals surface area contributed by atoms with Crippen molar-refractivity contribution in [2.75, 3.05) is 31.0 Å². The normalized spacial score (nSPS) is 14.2. The minimum atomic E-state index is -1.32. The van der Waals surface area contributed by atoms with E-state index in [0.29, 0.717) is 47.8 Å². The van der Waals surface area contributed by atoms with E-state index in [4.69, 9.17) is 9.47 Å². The van der Waals surface area contributed by atoms with E-state index >= 15 is 0 Å². The molecule has 0 fully saturated rings. The summed E-state index contributed by atoms with van der Waals surface area (Å²) >= 11 is -1.32. The van der Waals surface area contributed by atoms with Crippen LogP contribution in [0.25, 0.3) is 0 Å². The lowest BCUT2D eigenvalue weighted by atomic mass is 9.96. The van der Waals surface area contributed by atoms with Crippen LogP contribution < -0.4 is 14.8 Å². The predicted octanol–water partition coefficient (Wildman–Crippen LogP) is 6.06. The summed E-state index contributed by atoms with van der Waals surface area (Å²) in [6, 6.07) is 8.02. The van der Waals surface area contributed by atoms with Crippen molar-refractivity contribution >= 4 is 34.6 Å². The van der Waals surface area contributed by atoms with E-state index in [1.54, 1.807) is 37.6 Å². The molecule has 1 aliphatic rings. The Hall–Kier alpha value is -3.04. The Morgan fingerprint density at radius 1 is 0.975 bits per heavy atom. The number of methoxy groups -OCH3 is 1. The van der Waals surface area contributed by atoms with Crippen LogP contribution in [0.5, 0.6) is 11.5 Å². The van der Waals surface area contributed by atoms with Crippen LogP contribution in [0.4, 0.5) is 5.69 Å². The van der Waals surface area contributed by atoms with Gasteiger partial charge in [-0.15, -0.1) is 0 Å². The molecule has 3 amide bonds. The van der Waals surface area contributed by atoms with Crippen LogP contribution in [0.15, 0.2) is 30.3 Å². The van der Waals surface area contributed by atoms with E-state index in [9.17, 15) is 18.9 Å². The average molecular weight is 571 g/mol. The molecule has 0 saturated heterocycles. The van der Waals surface area contributed by atoms with Gasteiger partial charge in [0.05, 0.1) is 36.8 Å². The third-order valence-corrected chi connectivity index (χ3v) is 7.85. The molecular formula is C31H42N2O6S. The van der Waals surface area contributed by atoms with E-state index in [-0.39, 0.29) is 17.2 Å². The number of hydrogen-bond donors (Lipinski definition) is 1. The van der Waals surface area contributed by atoms with Crippen molar-refractivity contribution in [2.24, 2.45) is 0 Å². The molecule has 0 aliphatic carbocycles. The minimum absolute atomic E-state index is 0.0627. The van der Waals surface area contributed by atoms with Gasteiger partial charge in [-0.3, -0.25) is 19.3 Å². The van der Waals surface area contributed by atoms with Gasteiger partial charge in [-0.1, -0.05) is 62.8 Å². The van der Waals surface area contributed by atoms with Gasteiger partial charge >= 0.3 is 0 Å². The predicted molar refractivity (Wildman–Crippen MR) is 159 cm³/mol. The summed E-state index contributed by atoms with van der Waals surface area (Å²) in [6.07, 6.45) is 8.13.